The van der Waals surface area contributed by atoms with Crippen LogP contribution in [0.2, 0.25) is 0 Å². The molecule has 0 saturated carbocycles. The van der Waals surface area contributed by atoms with Crippen molar-refractivity contribution in [1.29, 1.82) is 0 Å². The zero-order chi connectivity index (χ0) is 27.6. The molecule has 3 aromatic heterocycles. The Kier molecular flexibility index (Phi) is 7.09. The van der Waals surface area contributed by atoms with E-state index in [0.717, 1.165) is 44.9 Å². The number of nitrogens with one attached hydrogen (secondary N) is 2. The SMILES string of the molecule is Cc1cc([C@@H]2[C@H](c3ccccn3)NC(=S)N2CCC(=O)Nc2cccc3ccccc23)c(C)n1Cc1ccco1. The van der Waals surface area contributed by atoms with Crippen LogP contribution in [-0.4, -0.2) is 32.0 Å². The zero-order valence-corrected chi connectivity index (χ0v) is 23.3. The van der Waals surface area contributed by atoms with Gasteiger partial charge >= 0.3 is 0 Å². The number of aromatic nitrogens is 2. The molecule has 8 heteroatoms. The van der Waals surface area contributed by atoms with Crippen LogP contribution in [0.25, 0.3) is 10.8 Å². The van der Waals surface area contributed by atoms with Gasteiger partial charge in [0.15, 0.2) is 5.11 Å². The van der Waals surface area contributed by atoms with E-state index in [9.17, 15) is 4.79 Å². The molecule has 2 N–H and O–H groups in total. The first kappa shape index (κ1) is 25.8. The maximum atomic E-state index is 13.2. The van der Waals surface area contributed by atoms with Crippen molar-refractivity contribution in [1.82, 2.24) is 19.8 Å². The minimum absolute atomic E-state index is 0.0533. The van der Waals surface area contributed by atoms with Crippen molar-refractivity contribution in [2.75, 3.05) is 11.9 Å². The van der Waals surface area contributed by atoms with Gasteiger partial charge in [-0.25, -0.2) is 0 Å². The highest BCUT2D eigenvalue weighted by atomic mass is 32.1. The number of anilines is 1. The lowest BCUT2D eigenvalue weighted by molar-refractivity contribution is -0.116. The second kappa shape index (κ2) is 11.0. The summed E-state index contributed by atoms with van der Waals surface area (Å²) in [6, 6.07) is 25.8. The third-order valence-corrected chi connectivity index (χ3v) is 8.02. The number of rotatable bonds is 8. The van der Waals surface area contributed by atoms with E-state index < -0.39 is 0 Å². The number of amides is 1. The molecule has 1 amide bonds. The summed E-state index contributed by atoms with van der Waals surface area (Å²) in [4.78, 5) is 20.0. The Morgan fingerprint density at radius 3 is 2.67 bits per heavy atom. The number of pyridine rings is 1. The predicted octanol–water partition coefficient (Wildman–Crippen LogP) is 6.30. The van der Waals surface area contributed by atoms with Gasteiger partial charge < -0.3 is 24.5 Å². The van der Waals surface area contributed by atoms with Gasteiger partial charge in [-0.15, -0.1) is 0 Å². The number of furan rings is 1. The Hall–Kier alpha value is -4.43. The lowest BCUT2D eigenvalue weighted by atomic mass is 9.96. The van der Waals surface area contributed by atoms with Crippen molar-refractivity contribution in [3.05, 3.63) is 120 Å². The van der Waals surface area contributed by atoms with E-state index in [4.69, 9.17) is 16.6 Å². The Labute approximate surface area is 238 Å². The molecule has 202 valence electrons. The van der Waals surface area contributed by atoms with Gasteiger partial charge in [-0.1, -0.05) is 42.5 Å². The quantitative estimate of drug-likeness (QED) is 0.222. The van der Waals surface area contributed by atoms with Crippen LogP contribution in [0, 0.1) is 13.8 Å². The predicted molar refractivity (Wildman–Crippen MR) is 161 cm³/mol. The van der Waals surface area contributed by atoms with E-state index >= 15 is 0 Å². The number of nitrogens with zero attached hydrogens (tertiary/aromatic N) is 3. The standard InChI is InChI=1S/C32H31N5O2S/c1-21-19-26(22(2)37(21)20-24-11-8-18-39-24)31-30(28-13-5-6-16-33-28)35-32(40)36(31)17-15-29(38)34-27-14-7-10-23-9-3-4-12-25(23)27/h3-14,16,18-19,30-31H,15,17,20H2,1-2H3,(H,34,38)(H,35,40)/t30-,31+/m0/s1. The summed E-state index contributed by atoms with van der Waals surface area (Å²) >= 11 is 5.85. The summed E-state index contributed by atoms with van der Waals surface area (Å²) in [5, 5.41) is 9.35. The van der Waals surface area contributed by atoms with E-state index in [0.29, 0.717) is 24.6 Å². The van der Waals surface area contributed by atoms with Gasteiger partial charge in [-0.2, -0.15) is 0 Å². The molecular weight excluding hydrogens is 518 g/mol. The maximum Gasteiger partial charge on any atom is 0.226 e. The first-order valence-electron chi connectivity index (χ1n) is 13.4. The molecule has 1 saturated heterocycles. The molecule has 2 aromatic carbocycles. The minimum atomic E-state index is -0.146. The number of benzene rings is 2. The number of aryl methyl sites for hydroxylation is 1. The fourth-order valence-electron chi connectivity index (χ4n) is 5.68. The highest BCUT2D eigenvalue weighted by Crippen LogP contribution is 2.41. The van der Waals surface area contributed by atoms with Crippen molar-refractivity contribution in [2.45, 2.75) is 38.9 Å². The lowest BCUT2D eigenvalue weighted by Gasteiger charge is -2.28. The number of carbonyl (C=O) groups is 1. The second-order valence-electron chi connectivity index (χ2n) is 10.1. The third-order valence-electron chi connectivity index (χ3n) is 7.67. The zero-order valence-electron chi connectivity index (χ0n) is 22.5. The first-order chi connectivity index (χ1) is 19.5. The Balaban J connectivity index is 1.28. The summed E-state index contributed by atoms with van der Waals surface area (Å²) in [5.74, 6) is 0.846. The molecular formula is C32H31N5O2S. The molecule has 7 nitrogen and oxygen atoms in total. The van der Waals surface area contributed by atoms with E-state index in [2.05, 4.69) is 45.0 Å². The molecule has 1 aliphatic heterocycles. The molecule has 0 unspecified atom stereocenters. The molecule has 1 fully saturated rings. The summed E-state index contributed by atoms with van der Waals surface area (Å²) in [7, 11) is 0. The average molecular weight is 550 g/mol. The lowest BCUT2D eigenvalue weighted by Crippen LogP contribution is -2.33. The molecule has 1 aliphatic rings. The van der Waals surface area contributed by atoms with Crippen LogP contribution in [0.5, 0.6) is 0 Å². The number of hydrogen-bond acceptors (Lipinski definition) is 4. The monoisotopic (exact) mass is 549 g/mol. The van der Waals surface area contributed by atoms with E-state index in [1.54, 1.807) is 12.5 Å². The number of carbonyl (C=O) groups excluding carboxylic acids is 1. The fourth-order valence-corrected chi connectivity index (χ4v) is 6.01. The third kappa shape index (κ3) is 4.98. The van der Waals surface area contributed by atoms with Crippen LogP contribution in [0.15, 0.2) is 95.7 Å². The van der Waals surface area contributed by atoms with Gasteiger partial charge in [-0.3, -0.25) is 9.78 Å². The summed E-state index contributed by atoms with van der Waals surface area (Å²) in [6.07, 6.45) is 3.80. The number of fused-ring (bicyclic) bond motifs is 1. The van der Waals surface area contributed by atoms with Crippen molar-refractivity contribution < 1.29 is 9.21 Å². The van der Waals surface area contributed by atoms with Gasteiger partial charge in [0.2, 0.25) is 5.91 Å². The molecule has 0 radical (unpaired) electrons. The highest BCUT2D eigenvalue weighted by Gasteiger charge is 2.41. The van der Waals surface area contributed by atoms with Gasteiger partial charge in [0, 0.05) is 41.6 Å². The molecule has 0 spiro atoms. The summed E-state index contributed by atoms with van der Waals surface area (Å²) in [6.45, 7) is 5.36. The second-order valence-corrected chi connectivity index (χ2v) is 10.5. The number of thiocarbonyl (C=S) groups is 1. The van der Waals surface area contributed by atoms with Crippen molar-refractivity contribution >= 4 is 39.7 Å². The van der Waals surface area contributed by atoms with Gasteiger partial charge in [-0.05, 0) is 73.4 Å². The molecule has 0 aliphatic carbocycles. The van der Waals surface area contributed by atoms with Gasteiger partial charge in [0.25, 0.3) is 0 Å². The molecule has 6 rings (SSSR count). The molecule has 2 atom stereocenters. The fraction of sp³-hybridized carbons (Fsp3) is 0.219. The maximum absolute atomic E-state index is 13.2. The van der Waals surface area contributed by atoms with Gasteiger partial charge in [0.05, 0.1) is 30.6 Å². The smallest absolute Gasteiger partial charge is 0.226 e. The molecule has 0 bridgehead atoms. The Bertz CT molecular complexity index is 1660. The van der Waals surface area contributed by atoms with E-state index in [-0.39, 0.29) is 18.0 Å². The van der Waals surface area contributed by atoms with Gasteiger partial charge in [0.1, 0.15) is 5.76 Å². The Morgan fingerprint density at radius 1 is 1.05 bits per heavy atom. The van der Waals surface area contributed by atoms with Crippen molar-refractivity contribution in [3.63, 3.8) is 0 Å². The molecule has 4 heterocycles. The van der Waals surface area contributed by atoms with Crippen LogP contribution in [0.4, 0.5) is 5.69 Å². The summed E-state index contributed by atoms with van der Waals surface area (Å²) < 4.78 is 7.89. The van der Waals surface area contributed by atoms with Crippen LogP contribution >= 0.6 is 12.2 Å². The average Bonchev–Trinajstić information content (AvgIpc) is 3.67. The number of hydrogen-bond donors (Lipinski definition) is 2. The van der Waals surface area contributed by atoms with E-state index in [1.807, 2.05) is 72.8 Å². The minimum Gasteiger partial charge on any atom is -0.467 e. The van der Waals surface area contributed by atoms with Crippen molar-refractivity contribution in [3.8, 4) is 0 Å². The largest absolute Gasteiger partial charge is 0.467 e. The molecule has 5 aromatic rings. The van der Waals surface area contributed by atoms with Crippen LogP contribution in [0.3, 0.4) is 0 Å². The topological polar surface area (TPSA) is 75.3 Å². The van der Waals surface area contributed by atoms with Crippen LogP contribution in [0.1, 0.15) is 46.9 Å². The van der Waals surface area contributed by atoms with Crippen molar-refractivity contribution in [2.24, 2.45) is 0 Å². The molecule has 40 heavy (non-hydrogen) atoms. The normalized spacial score (nSPS) is 16.9. The first-order valence-corrected chi connectivity index (χ1v) is 13.8. The summed E-state index contributed by atoms with van der Waals surface area (Å²) in [5.41, 5.74) is 5.15. The van der Waals surface area contributed by atoms with Crippen LogP contribution in [-0.2, 0) is 11.3 Å². The van der Waals surface area contributed by atoms with E-state index in [1.165, 1.54) is 0 Å². The van der Waals surface area contributed by atoms with Crippen LogP contribution < -0.4 is 10.6 Å². The highest BCUT2D eigenvalue weighted by molar-refractivity contribution is 7.80. The Morgan fingerprint density at radius 2 is 1.88 bits per heavy atom.